The van der Waals surface area contributed by atoms with Crippen LogP contribution in [-0.2, 0) is 19.6 Å². The highest BCUT2D eigenvalue weighted by molar-refractivity contribution is 7.89. The fourth-order valence-electron chi connectivity index (χ4n) is 5.03. The maximum Gasteiger partial charge on any atom is 0.243 e. The number of benzene rings is 2. The van der Waals surface area contributed by atoms with Crippen LogP contribution in [0.1, 0.15) is 12.8 Å². The zero-order valence-electron chi connectivity index (χ0n) is 23.3. The van der Waals surface area contributed by atoms with Crippen molar-refractivity contribution in [3.05, 3.63) is 60.7 Å². The van der Waals surface area contributed by atoms with E-state index in [1.807, 2.05) is 36.4 Å². The number of methoxy groups -OCH3 is 2. The molecule has 0 saturated carbocycles. The normalized spacial score (nSPS) is 17.6. The van der Waals surface area contributed by atoms with Crippen molar-refractivity contribution in [3.8, 4) is 22.8 Å². The van der Waals surface area contributed by atoms with Gasteiger partial charge in [-0.2, -0.15) is 4.31 Å². The Balaban J connectivity index is 1.22. The van der Waals surface area contributed by atoms with E-state index in [9.17, 15) is 13.2 Å². The molecule has 1 aromatic heterocycles. The molecule has 1 amide bonds. The van der Waals surface area contributed by atoms with Crippen molar-refractivity contribution < 1.29 is 27.4 Å². The molecule has 0 N–H and O–H groups in total. The van der Waals surface area contributed by atoms with Gasteiger partial charge in [-0.3, -0.25) is 4.79 Å². The number of carbonyl (C=O) groups is 1. The smallest absolute Gasteiger partial charge is 0.243 e. The van der Waals surface area contributed by atoms with E-state index in [0.717, 1.165) is 35.7 Å². The second-order valence-electron chi connectivity index (χ2n) is 9.98. The Morgan fingerprint density at radius 3 is 2.37 bits per heavy atom. The van der Waals surface area contributed by atoms with Crippen LogP contribution in [0.25, 0.3) is 11.3 Å². The van der Waals surface area contributed by atoms with Gasteiger partial charge in [-0.25, -0.2) is 8.42 Å². The monoisotopic (exact) mass is 581 g/mol. The van der Waals surface area contributed by atoms with Crippen molar-refractivity contribution in [2.75, 3.05) is 65.0 Å². The number of sulfonamides is 1. The fraction of sp³-hybridized carbons (Fsp3) is 0.414. The molecule has 11 nitrogen and oxygen atoms in total. The van der Waals surface area contributed by atoms with Crippen molar-refractivity contribution >= 4 is 21.7 Å². The third-order valence-electron chi connectivity index (χ3n) is 7.41. The minimum Gasteiger partial charge on any atom is -0.497 e. The maximum atomic E-state index is 13.6. The Hall–Kier alpha value is -3.74. The van der Waals surface area contributed by atoms with E-state index >= 15 is 0 Å². The number of nitrogens with zero attached hydrogens (tertiary/aromatic N) is 5. The average molecular weight is 582 g/mol. The van der Waals surface area contributed by atoms with Crippen LogP contribution in [0.3, 0.4) is 0 Å². The van der Waals surface area contributed by atoms with Crippen molar-refractivity contribution in [2.45, 2.75) is 23.8 Å². The summed E-state index contributed by atoms with van der Waals surface area (Å²) < 4.78 is 44.6. The lowest BCUT2D eigenvalue weighted by atomic mass is 10.1. The van der Waals surface area contributed by atoms with E-state index in [2.05, 4.69) is 15.1 Å². The zero-order chi connectivity index (χ0) is 28.8. The molecule has 0 bridgehead atoms. The molecule has 218 valence electrons. The van der Waals surface area contributed by atoms with Gasteiger partial charge in [0.25, 0.3) is 0 Å². The summed E-state index contributed by atoms with van der Waals surface area (Å²) in [7, 11) is -0.771. The van der Waals surface area contributed by atoms with Crippen LogP contribution in [0.15, 0.2) is 65.6 Å². The number of amides is 1. The van der Waals surface area contributed by atoms with E-state index in [1.54, 1.807) is 24.1 Å². The summed E-state index contributed by atoms with van der Waals surface area (Å²) in [5.74, 6) is 1.80. The van der Waals surface area contributed by atoms with Crippen LogP contribution in [0, 0.1) is 0 Å². The molecule has 0 radical (unpaired) electrons. The van der Waals surface area contributed by atoms with Crippen molar-refractivity contribution in [1.29, 1.82) is 0 Å². The third-order valence-corrected chi connectivity index (χ3v) is 9.24. The van der Waals surface area contributed by atoms with Crippen LogP contribution in [0.5, 0.6) is 11.5 Å². The lowest BCUT2D eigenvalue weighted by Gasteiger charge is -2.36. The zero-order valence-corrected chi connectivity index (χ0v) is 24.1. The number of hydrogen-bond donors (Lipinski definition) is 0. The van der Waals surface area contributed by atoms with Crippen molar-refractivity contribution in [1.82, 2.24) is 19.4 Å². The summed E-state index contributed by atoms with van der Waals surface area (Å²) >= 11 is 0. The Morgan fingerprint density at radius 2 is 1.73 bits per heavy atom. The molecule has 12 heteroatoms. The summed E-state index contributed by atoms with van der Waals surface area (Å²) in [5.41, 5.74) is 1.65. The molecule has 41 heavy (non-hydrogen) atoms. The molecule has 3 aromatic rings. The SMILES string of the molecule is COc1ccc(S(=O)(=O)N(CC(=O)N2CCN(c3ccc(-c4cccc(OC)c4)nn3)CC2)CC2CCCO2)cc1. The first-order chi connectivity index (χ1) is 19.9. The van der Waals surface area contributed by atoms with Crippen molar-refractivity contribution in [2.24, 2.45) is 0 Å². The van der Waals surface area contributed by atoms with Gasteiger partial charge in [0, 0.05) is 44.9 Å². The molecule has 2 aromatic carbocycles. The van der Waals surface area contributed by atoms with Crippen LogP contribution < -0.4 is 14.4 Å². The van der Waals surface area contributed by atoms with Crippen LogP contribution in [0.4, 0.5) is 5.82 Å². The number of ether oxygens (including phenoxy) is 3. The number of carbonyl (C=O) groups excluding carboxylic acids is 1. The van der Waals surface area contributed by atoms with E-state index in [0.29, 0.717) is 38.5 Å². The van der Waals surface area contributed by atoms with Gasteiger partial charge in [0.1, 0.15) is 11.5 Å². The van der Waals surface area contributed by atoms with Crippen LogP contribution in [-0.4, -0.2) is 99.9 Å². The highest BCUT2D eigenvalue weighted by Crippen LogP contribution is 2.25. The molecule has 2 aliphatic rings. The number of piperazine rings is 1. The summed E-state index contributed by atoms with van der Waals surface area (Å²) in [5, 5.41) is 8.80. The van der Waals surface area contributed by atoms with Gasteiger partial charge in [-0.1, -0.05) is 12.1 Å². The summed E-state index contributed by atoms with van der Waals surface area (Å²) in [6.07, 6.45) is 1.41. The van der Waals surface area contributed by atoms with Gasteiger partial charge >= 0.3 is 0 Å². The largest absolute Gasteiger partial charge is 0.497 e. The second-order valence-corrected chi connectivity index (χ2v) is 11.9. The van der Waals surface area contributed by atoms with Gasteiger partial charge in [-0.15, -0.1) is 10.2 Å². The Labute approximate surface area is 240 Å². The van der Waals surface area contributed by atoms with E-state index in [-0.39, 0.29) is 30.0 Å². The minimum absolute atomic E-state index is 0.116. The fourth-order valence-corrected chi connectivity index (χ4v) is 6.45. The molecule has 1 atom stereocenters. The quantitative estimate of drug-likeness (QED) is 0.357. The first kappa shape index (κ1) is 28.8. The molecule has 0 aliphatic carbocycles. The highest BCUT2D eigenvalue weighted by atomic mass is 32.2. The molecular weight excluding hydrogens is 546 g/mol. The molecule has 2 fully saturated rings. The summed E-state index contributed by atoms with van der Waals surface area (Å²) in [4.78, 5) is 17.3. The molecule has 2 aliphatic heterocycles. The first-order valence-electron chi connectivity index (χ1n) is 13.6. The molecule has 1 unspecified atom stereocenters. The molecule has 3 heterocycles. The minimum atomic E-state index is -3.92. The van der Waals surface area contributed by atoms with Gasteiger partial charge in [0.15, 0.2) is 5.82 Å². The van der Waals surface area contributed by atoms with Crippen molar-refractivity contribution in [3.63, 3.8) is 0 Å². The standard InChI is InChI=1S/C29H35N5O6S/c1-38-23-8-10-26(11-9-23)41(36,37)34(20-25-7-4-18-40-25)21-29(35)33-16-14-32(15-17-33)28-13-12-27(30-31-28)22-5-3-6-24(19-22)39-2/h3,5-6,8-13,19,25H,4,7,14-18,20-21H2,1-2H3. The van der Waals surface area contributed by atoms with Gasteiger partial charge < -0.3 is 24.0 Å². The van der Waals surface area contributed by atoms with E-state index in [1.165, 1.54) is 23.5 Å². The Bertz CT molecular complexity index is 1420. The van der Waals surface area contributed by atoms with Gasteiger partial charge in [0.2, 0.25) is 15.9 Å². The van der Waals surface area contributed by atoms with Crippen LogP contribution in [0.2, 0.25) is 0 Å². The number of hydrogen-bond acceptors (Lipinski definition) is 9. The molecule has 2 saturated heterocycles. The lowest BCUT2D eigenvalue weighted by Crippen LogP contribution is -2.52. The molecule has 5 rings (SSSR count). The Morgan fingerprint density at radius 1 is 0.976 bits per heavy atom. The van der Waals surface area contributed by atoms with Gasteiger partial charge in [0.05, 0.1) is 37.5 Å². The van der Waals surface area contributed by atoms with E-state index < -0.39 is 10.0 Å². The number of aromatic nitrogens is 2. The van der Waals surface area contributed by atoms with Crippen LogP contribution >= 0.6 is 0 Å². The molecule has 0 spiro atoms. The lowest BCUT2D eigenvalue weighted by molar-refractivity contribution is -0.131. The number of anilines is 1. The third kappa shape index (κ3) is 6.77. The second kappa shape index (κ2) is 12.8. The predicted molar refractivity (Wildman–Crippen MR) is 154 cm³/mol. The van der Waals surface area contributed by atoms with Gasteiger partial charge in [-0.05, 0) is 61.4 Å². The summed E-state index contributed by atoms with van der Waals surface area (Å²) in [6, 6.07) is 17.7. The number of rotatable bonds is 10. The highest BCUT2D eigenvalue weighted by Gasteiger charge is 2.33. The predicted octanol–water partition coefficient (Wildman–Crippen LogP) is 2.68. The summed E-state index contributed by atoms with van der Waals surface area (Å²) in [6.45, 7) is 2.52. The average Bonchev–Trinajstić information content (AvgIpc) is 3.54. The van der Waals surface area contributed by atoms with E-state index in [4.69, 9.17) is 14.2 Å². The Kier molecular flexibility index (Phi) is 9.01. The first-order valence-corrected chi connectivity index (χ1v) is 15.1. The molecular formula is C29H35N5O6S. The topological polar surface area (TPSA) is 114 Å². The maximum absolute atomic E-state index is 13.6.